The van der Waals surface area contributed by atoms with E-state index >= 15 is 0 Å². The summed E-state index contributed by atoms with van der Waals surface area (Å²) in [6, 6.07) is 8.26. The molecule has 1 aliphatic heterocycles. The Hall–Kier alpha value is -2.43. The molecule has 1 aromatic carbocycles. The highest BCUT2D eigenvalue weighted by Gasteiger charge is 2.22. The molecule has 0 radical (unpaired) electrons. The summed E-state index contributed by atoms with van der Waals surface area (Å²) in [7, 11) is 0. The highest BCUT2D eigenvalue weighted by Crippen LogP contribution is 2.23. The van der Waals surface area contributed by atoms with Crippen LogP contribution in [-0.2, 0) is 0 Å². The van der Waals surface area contributed by atoms with Crippen molar-refractivity contribution in [1.82, 2.24) is 14.9 Å². The van der Waals surface area contributed by atoms with Crippen molar-refractivity contribution in [2.24, 2.45) is 5.92 Å². The summed E-state index contributed by atoms with van der Waals surface area (Å²) in [4.78, 5) is 25.5. The zero-order valence-electron chi connectivity index (χ0n) is 15.3. The maximum atomic E-state index is 12.6. The molecule has 0 saturated carbocycles. The number of hydrogen-bond donors (Lipinski definition) is 0. The maximum Gasteiger partial charge on any atom is 0.257 e. The Morgan fingerprint density at radius 1 is 1.32 bits per heavy atom. The van der Waals surface area contributed by atoms with Crippen molar-refractivity contribution < 1.29 is 4.79 Å². The normalized spacial score (nSPS) is 17.4. The van der Waals surface area contributed by atoms with Crippen LogP contribution in [0.4, 0.5) is 11.6 Å². The largest absolute Gasteiger partial charge is 0.338 e. The van der Waals surface area contributed by atoms with Crippen LogP contribution in [-0.4, -0.2) is 40.4 Å². The summed E-state index contributed by atoms with van der Waals surface area (Å²) in [5, 5.41) is 0. The van der Waals surface area contributed by atoms with Gasteiger partial charge in [0.25, 0.3) is 5.91 Å². The third-order valence-corrected chi connectivity index (χ3v) is 4.70. The fourth-order valence-corrected chi connectivity index (χ4v) is 3.36. The molecule has 1 atom stereocenters. The van der Waals surface area contributed by atoms with E-state index in [0.717, 1.165) is 31.7 Å². The molecule has 132 valence electrons. The summed E-state index contributed by atoms with van der Waals surface area (Å²) >= 11 is 0. The van der Waals surface area contributed by atoms with Gasteiger partial charge >= 0.3 is 0 Å². The first-order valence-electron chi connectivity index (χ1n) is 9.04. The van der Waals surface area contributed by atoms with Gasteiger partial charge in [-0.2, -0.15) is 0 Å². The predicted molar refractivity (Wildman–Crippen MR) is 100 cm³/mol. The number of anilines is 2. The Labute approximate surface area is 149 Å². The van der Waals surface area contributed by atoms with Crippen LogP contribution in [0.1, 0.15) is 42.6 Å². The second-order valence-electron chi connectivity index (χ2n) is 6.85. The molecule has 0 N–H and O–H groups in total. The standard InChI is InChI=1S/C20H26N4O/c1-4-24(18-9-5-7-15(2)11-18)20-21-12-17(13-22-20)19(25)23-10-6-8-16(3)14-23/h5,7,9,11-13,16H,4,6,8,10,14H2,1-3H3. The Morgan fingerprint density at radius 3 is 2.72 bits per heavy atom. The number of aryl methyl sites for hydroxylation is 1. The molecule has 1 unspecified atom stereocenters. The van der Waals surface area contributed by atoms with Gasteiger partial charge in [0, 0.05) is 37.7 Å². The van der Waals surface area contributed by atoms with Gasteiger partial charge in [-0.25, -0.2) is 9.97 Å². The molecule has 1 saturated heterocycles. The second kappa shape index (κ2) is 7.64. The number of aromatic nitrogens is 2. The number of piperidine rings is 1. The lowest BCUT2D eigenvalue weighted by molar-refractivity contribution is 0.0682. The Balaban J connectivity index is 1.78. The summed E-state index contributed by atoms with van der Waals surface area (Å²) in [5.41, 5.74) is 2.83. The van der Waals surface area contributed by atoms with E-state index < -0.39 is 0 Å². The van der Waals surface area contributed by atoms with Crippen molar-refractivity contribution in [3.63, 3.8) is 0 Å². The summed E-state index contributed by atoms with van der Waals surface area (Å²) in [6.07, 6.45) is 5.58. The average molecular weight is 338 g/mol. The van der Waals surface area contributed by atoms with Crippen LogP contribution in [0, 0.1) is 12.8 Å². The first-order valence-corrected chi connectivity index (χ1v) is 9.04. The first kappa shape index (κ1) is 17.4. The van der Waals surface area contributed by atoms with Gasteiger partial charge in [-0.3, -0.25) is 4.79 Å². The Bertz CT molecular complexity index is 729. The van der Waals surface area contributed by atoms with Crippen LogP contribution in [0.15, 0.2) is 36.7 Å². The molecule has 0 aliphatic carbocycles. The lowest BCUT2D eigenvalue weighted by atomic mass is 10.00. The lowest BCUT2D eigenvalue weighted by Gasteiger charge is -2.30. The molecule has 0 bridgehead atoms. The molecule has 0 spiro atoms. The van der Waals surface area contributed by atoms with Crippen LogP contribution in [0.25, 0.3) is 0 Å². The molecule has 2 heterocycles. The molecule has 2 aromatic rings. The van der Waals surface area contributed by atoms with Crippen LogP contribution in [0.3, 0.4) is 0 Å². The van der Waals surface area contributed by atoms with Gasteiger partial charge in [0.1, 0.15) is 0 Å². The molecule has 3 rings (SSSR count). The van der Waals surface area contributed by atoms with E-state index in [4.69, 9.17) is 0 Å². The van der Waals surface area contributed by atoms with Crippen LogP contribution in [0.5, 0.6) is 0 Å². The quantitative estimate of drug-likeness (QED) is 0.850. The van der Waals surface area contributed by atoms with Gasteiger partial charge in [-0.1, -0.05) is 19.1 Å². The first-order chi connectivity index (χ1) is 12.1. The number of rotatable bonds is 4. The van der Waals surface area contributed by atoms with Crippen molar-refractivity contribution in [3.05, 3.63) is 47.8 Å². The average Bonchev–Trinajstić information content (AvgIpc) is 2.62. The summed E-state index contributed by atoms with van der Waals surface area (Å²) in [5.74, 6) is 1.23. The number of amides is 1. The van der Waals surface area contributed by atoms with E-state index in [2.05, 4.69) is 42.9 Å². The maximum absolute atomic E-state index is 12.6. The van der Waals surface area contributed by atoms with Gasteiger partial charge in [0.15, 0.2) is 0 Å². The summed E-state index contributed by atoms with van der Waals surface area (Å²) in [6.45, 7) is 8.75. The zero-order valence-corrected chi connectivity index (χ0v) is 15.3. The van der Waals surface area contributed by atoms with Crippen LogP contribution >= 0.6 is 0 Å². The van der Waals surface area contributed by atoms with Crippen LogP contribution in [0.2, 0.25) is 0 Å². The van der Waals surface area contributed by atoms with Crippen molar-refractivity contribution in [1.29, 1.82) is 0 Å². The highest BCUT2D eigenvalue weighted by molar-refractivity contribution is 5.93. The Morgan fingerprint density at radius 2 is 2.08 bits per heavy atom. The van der Waals surface area contributed by atoms with Gasteiger partial charge in [0.05, 0.1) is 5.56 Å². The highest BCUT2D eigenvalue weighted by atomic mass is 16.2. The number of carbonyl (C=O) groups excluding carboxylic acids is 1. The molecular weight excluding hydrogens is 312 g/mol. The zero-order chi connectivity index (χ0) is 17.8. The minimum Gasteiger partial charge on any atom is -0.338 e. The van der Waals surface area contributed by atoms with E-state index in [9.17, 15) is 4.79 Å². The van der Waals surface area contributed by atoms with E-state index in [1.165, 1.54) is 12.0 Å². The van der Waals surface area contributed by atoms with E-state index in [-0.39, 0.29) is 5.91 Å². The minimum atomic E-state index is 0.0386. The molecule has 5 nitrogen and oxygen atoms in total. The minimum absolute atomic E-state index is 0.0386. The number of likely N-dealkylation sites (tertiary alicyclic amines) is 1. The fraction of sp³-hybridized carbons (Fsp3) is 0.450. The Kier molecular flexibility index (Phi) is 5.31. The number of nitrogens with zero attached hydrogens (tertiary/aromatic N) is 4. The molecule has 1 aliphatic rings. The number of carbonyl (C=O) groups is 1. The molecule has 25 heavy (non-hydrogen) atoms. The predicted octanol–water partition coefficient (Wildman–Crippen LogP) is 3.82. The van der Waals surface area contributed by atoms with Gasteiger partial charge in [0.2, 0.25) is 5.95 Å². The van der Waals surface area contributed by atoms with Crippen molar-refractivity contribution in [2.45, 2.75) is 33.6 Å². The van der Waals surface area contributed by atoms with E-state index in [0.29, 0.717) is 17.4 Å². The monoisotopic (exact) mass is 338 g/mol. The SMILES string of the molecule is CCN(c1cccc(C)c1)c1ncc(C(=O)N2CCCC(C)C2)cn1. The third kappa shape index (κ3) is 3.98. The van der Waals surface area contributed by atoms with E-state index in [1.807, 2.05) is 21.9 Å². The molecule has 5 heteroatoms. The molecule has 1 aromatic heterocycles. The lowest BCUT2D eigenvalue weighted by Crippen LogP contribution is -2.39. The fourth-order valence-electron chi connectivity index (χ4n) is 3.36. The second-order valence-corrected chi connectivity index (χ2v) is 6.85. The third-order valence-electron chi connectivity index (χ3n) is 4.70. The van der Waals surface area contributed by atoms with Gasteiger partial charge < -0.3 is 9.80 Å². The van der Waals surface area contributed by atoms with E-state index in [1.54, 1.807) is 12.4 Å². The topological polar surface area (TPSA) is 49.3 Å². The number of hydrogen-bond acceptors (Lipinski definition) is 4. The number of benzene rings is 1. The van der Waals surface area contributed by atoms with Crippen molar-refractivity contribution in [3.8, 4) is 0 Å². The smallest absolute Gasteiger partial charge is 0.257 e. The van der Waals surface area contributed by atoms with Gasteiger partial charge in [-0.05, 0) is 50.3 Å². The van der Waals surface area contributed by atoms with Crippen LogP contribution < -0.4 is 4.90 Å². The van der Waals surface area contributed by atoms with Crippen molar-refractivity contribution in [2.75, 3.05) is 24.5 Å². The van der Waals surface area contributed by atoms with Gasteiger partial charge in [-0.15, -0.1) is 0 Å². The van der Waals surface area contributed by atoms with Crippen molar-refractivity contribution >= 4 is 17.5 Å². The molecular formula is C20H26N4O. The molecule has 1 amide bonds. The summed E-state index contributed by atoms with van der Waals surface area (Å²) < 4.78 is 0. The molecule has 1 fully saturated rings.